The maximum atomic E-state index is 6.46. The van der Waals surface area contributed by atoms with E-state index in [0.29, 0.717) is 34.4 Å². The Morgan fingerprint density at radius 2 is 1.88 bits per heavy atom. The molecule has 2 aromatic rings. The van der Waals surface area contributed by atoms with Crippen molar-refractivity contribution >= 4 is 23.4 Å². The Labute approximate surface area is 206 Å². The second-order valence-electron chi connectivity index (χ2n) is 9.60. The van der Waals surface area contributed by atoms with Crippen LogP contribution in [0.2, 0.25) is 5.02 Å². The summed E-state index contributed by atoms with van der Waals surface area (Å²) >= 11 is 6.46. The van der Waals surface area contributed by atoms with E-state index in [1.54, 1.807) is 19.6 Å². The largest absolute Gasteiger partial charge is 0.383 e. The van der Waals surface area contributed by atoms with E-state index in [0.717, 1.165) is 77.3 Å². The van der Waals surface area contributed by atoms with Crippen LogP contribution in [0.3, 0.4) is 0 Å². The summed E-state index contributed by atoms with van der Waals surface area (Å²) in [4.78, 5) is 17.9. The third-order valence-electron chi connectivity index (χ3n) is 6.85. The topological polar surface area (TPSA) is 106 Å². The van der Waals surface area contributed by atoms with E-state index in [1.807, 2.05) is 6.07 Å². The summed E-state index contributed by atoms with van der Waals surface area (Å²) in [5, 5.41) is 11.0. The summed E-state index contributed by atoms with van der Waals surface area (Å²) < 4.78 is 10.6. The number of halogens is 1. The molecule has 0 unspecified atom stereocenters. The highest BCUT2D eigenvalue weighted by molar-refractivity contribution is 6.32. The zero-order chi connectivity index (χ0) is 23.8. The molecule has 2 fully saturated rings. The van der Waals surface area contributed by atoms with E-state index in [-0.39, 0.29) is 5.41 Å². The van der Waals surface area contributed by atoms with Gasteiger partial charge in [-0.1, -0.05) is 18.5 Å². The Hall–Kier alpha value is -2.07. The lowest BCUT2D eigenvalue weighted by Crippen LogP contribution is -2.38. The Kier molecular flexibility index (Phi) is 8.88. The number of aromatic nitrogens is 4. The first-order valence-electron chi connectivity index (χ1n) is 12.2. The first-order valence-corrected chi connectivity index (χ1v) is 12.6. The molecule has 34 heavy (non-hydrogen) atoms. The molecule has 1 aliphatic carbocycles. The number of hydrogen-bond acceptors (Lipinski definition) is 9. The molecule has 0 bridgehead atoms. The SMILES string of the molecule is COCCNC1CCC(Nc2ncc(Cl)c(-c3cc(NCC4(C)CCOCC4)ncn3)n2)CC1. The van der Waals surface area contributed by atoms with Gasteiger partial charge >= 0.3 is 0 Å². The quantitative estimate of drug-likeness (QED) is 0.430. The third-order valence-corrected chi connectivity index (χ3v) is 7.13. The van der Waals surface area contributed by atoms with Crippen molar-refractivity contribution in [1.82, 2.24) is 25.3 Å². The average Bonchev–Trinajstić information content (AvgIpc) is 2.86. The summed E-state index contributed by atoms with van der Waals surface area (Å²) in [7, 11) is 1.73. The molecular formula is C24H36ClN7O2. The zero-order valence-corrected chi connectivity index (χ0v) is 20.9. The summed E-state index contributed by atoms with van der Waals surface area (Å²) in [5.74, 6) is 1.35. The normalized spacial score (nSPS) is 22.3. The molecule has 10 heteroatoms. The predicted octanol–water partition coefficient (Wildman–Crippen LogP) is 3.77. The minimum absolute atomic E-state index is 0.200. The molecular weight excluding hydrogens is 454 g/mol. The number of rotatable bonds is 10. The first kappa shape index (κ1) is 25.0. The maximum absolute atomic E-state index is 6.46. The fraction of sp³-hybridized carbons (Fsp3) is 0.667. The minimum Gasteiger partial charge on any atom is -0.383 e. The van der Waals surface area contributed by atoms with E-state index in [1.165, 1.54) is 0 Å². The molecule has 4 rings (SSSR count). The lowest BCUT2D eigenvalue weighted by Gasteiger charge is -2.33. The van der Waals surface area contributed by atoms with Crippen LogP contribution in [0.4, 0.5) is 11.8 Å². The highest BCUT2D eigenvalue weighted by atomic mass is 35.5. The van der Waals surface area contributed by atoms with Crippen LogP contribution in [0, 0.1) is 5.41 Å². The number of nitrogens with zero attached hydrogens (tertiary/aromatic N) is 4. The first-order chi connectivity index (χ1) is 16.5. The highest BCUT2D eigenvalue weighted by Crippen LogP contribution is 2.31. The number of hydrogen-bond donors (Lipinski definition) is 3. The fourth-order valence-corrected chi connectivity index (χ4v) is 4.72. The molecule has 0 atom stereocenters. The van der Waals surface area contributed by atoms with Gasteiger partial charge in [0.05, 0.1) is 23.5 Å². The molecule has 1 saturated carbocycles. The molecule has 9 nitrogen and oxygen atoms in total. The van der Waals surface area contributed by atoms with Crippen molar-refractivity contribution in [2.45, 2.75) is 57.5 Å². The fourth-order valence-electron chi connectivity index (χ4n) is 4.53. The van der Waals surface area contributed by atoms with Crippen molar-refractivity contribution in [3.05, 3.63) is 23.6 Å². The molecule has 2 aliphatic rings. The standard InChI is InChI=1S/C24H36ClN7O2/c1-24(7-10-34-11-8-24)15-28-21-13-20(29-16-30-21)22-19(25)14-27-23(32-22)31-18-5-3-17(4-6-18)26-9-12-33-2/h13-14,16-18,26H,3-12,15H2,1-2H3,(H,27,31,32)(H,28,29,30). The Morgan fingerprint density at radius 1 is 1.12 bits per heavy atom. The molecule has 1 saturated heterocycles. The van der Waals surface area contributed by atoms with Crippen LogP contribution in [-0.4, -0.2) is 72.0 Å². The Bertz CT molecular complexity index is 918. The van der Waals surface area contributed by atoms with Gasteiger partial charge in [-0.2, -0.15) is 0 Å². The van der Waals surface area contributed by atoms with Crippen molar-refractivity contribution in [3.63, 3.8) is 0 Å². The second kappa shape index (κ2) is 12.1. The number of nitrogens with one attached hydrogen (secondary N) is 3. The van der Waals surface area contributed by atoms with Crippen LogP contribution >= 0.6 is 11.6 Å². The lowest BCUT2D eigenvalue weighted by molar-refractivity contribution is 0.0300. The van der Waals surface area contributed by atoms with Gasteiger partial charge in [-0.25, -0.2) is 19.9 Å². The minimum atomic E-state index is 0.200. The van der Waals surface area contributed by atoms with Gasteiger partial charge in [-0.3, -0.25) is 0 Å². The van der Waals surface area contributed by atoms with Crippen LogP contribution in [0.15, 0.2) is 18.6 Å². The molecule has 0 aromatic carbocycles. The van der Waals surface area contributed by atoms with Gasteiger partial charge in [0.1, 0.15) is 17.8 Å². The molecule has 0 spiro atoms. The van der Waals surface area contributed by atoms with Crippen molar-refractivity contribution in [3.8, 4) is 11.4 Å². The second-order valence-corrected chi connectivity index (χ2v) is 10.0. The molecule has 0 amide bonds. The van der Waals surface area contributed by atoms with E-state index < -0.39 is 0 Å². The van der Waals surface area contributed by atoms with Gasteiger partial charge in [0, 0.05) is 51.6 Å². The molecule has 3 heterocycles. The van der Waals surface area contributed by atoms with Gasteiger partial charge in [-0.15, -0.1) is 0 Å². The van der Waals surface area contributed by atoms with Gasteiger partial charge < -0.3 is 25.4 Å². The summed E-state index contributed by atoms with van der Waals surface area (Å²) in [6.07, 6.45) is 9.64. The number of ether oxygens (including phenoxy) is 2. The highest BCUT2D eigenvalue weighted by Gasteiger charge is 2.27. The molecule has 1 aliphatic heterocycles. The van der Waals surface area contributed by atoms with Crippen molar-refractivity contribution in [2.75, 3.05) is 50.7 Å². The average molecular weight is 490 g/mol. The van der Waals surface area contributed by atoms with Gasteiger partial charge in [-0.05, 0) is 43.9 Å². The van der Waals surface area contributed by atoms with E-state index in [4.69, 9.17) is 26.1 Å². The van der Waals surface area contributed by atoms with E-state index >= 15 is 0 Å². The molecule has 2 aromatic heterocycles. The smallest absolute Gasteiger partial charge is 0.223 e. The van der Waals surface area contributed by atoms with Crippen LogP contribution in [-0.2, 0) is 9.47 Å². The number of anilines is 2. The summed E-state index contributed by atoms with van der Waals surface area (Å²) in [5.41, 5.74) is 1.48. The van der Waals surface area contributed by atoms with Crippen LogP contribution in [0.1, 0.15) is 45.4 Å². The van der Waals surface area contributed by atoms with Crippen LogP contribution < -0.4 is 16.0 Å². The third kappa shape index (κ3) is 6.97. The van der Waals surface area contributed by atoms with Gasteiger partial charge in [0.15, 0.2) is 0 Å². The van der Waals surface area contributed by atoms with E-state index in [9.17, 15) is 0 Å². The summed E-state index contributed by atoms with van der Waals surface area (Å²) in [6.45, 7) is 6.38. The molecule has 186 valence electrons. The van der Waals surface area contributed by atoms with Gasteiger partial charge in [0.25, 0.3) is 0 Å². The van der Waals surface area contributed by atoms with Crippen molar-refractivity contribution in [1.29, 1.82) is 0 Å². The predicted molar refractivity (Wildman–Crippen MR) is 134 cm³/mol. The Morgan fingerprint density at radius 3 is 2.65 bits per heavy atom. The molecule has 3 N–H and O–H groups in total. The van der Waals surface area contributed by atoms with E-state index in [2.05, 4.69) is 37.8 Å². The Balaban J connectivity index is 1.36. The molecule has 0 radical (unpaired) electrons. The van der Waals surface area contributed by atoms with Crippen molar-refractivity contribution < 1.29 is 9.47 Å². The number of methoxy groups -OCH3 is 1. The lowest BCUT2D eigenvalue weighted by atomic mass is 9.82. The monoisotopic (exact) mass is 489 g/mol. The zero-order valence-electron chi connectivity index (χ0n) is 20.1. The maximum Gasteiger partial charge on any atom is 0.223 e. The van der Waals surface area contributed by atoms with Crippen molar-refractivity contribution in [2.24, 2.45) is 5.41 Å². The van der Waals surface area contributed by atoms with Crippen LogP contribution in [0.5, 0.6) is 0 Å². The van der Waals surface area contributed by atoms with Gasteiger partial charge in [0.2, 0.25) is 5.95 Å². The van der Waals surface area contributed by atoms with Crippen LogP contribution in [0.25, 0.3) is 11.4 Å². The summed E-state index contributed by atoms with van der Waals surface area (Å²) in [6, 6.07) is 2.79.